The second-order valence-electron chi connectivity index (χ2n) is 5.54. The Bertz CT molecular complexity index is 348. The van der Waals surface area contributed by atoms with Crippen molar-refractivity contribution in [3.63, 3.8) is 0 Å². The lowest BCUT2D eigenvalue weighted by atomic mass is 9.75. The maximum Gasteiger partial charge on any atom is 0.187 e. The van der Waals surface area contributed by atoms with E-state index in [1.54, 1.807) is 6.08 Å². The smallest absolute Gasteiger partial charge is 0.187 e. The number of hydrogen-bond acceptors (Lipinski definition) is 2. The highest BCUT2D eigenvalue weighted by molar-refractivity contribution is 5.98. The van der Waals surface area contributed by atoms with Crippen LogP contribution in [0.4, 0.5) is 0 Å². The topological polar surface area (TPSA) is 37.3 Å². The first kappa shape index (κ1) is 14.2. The molecule has 1 N–H and O–H groups in total. The molecule has 0 fully saturated rings. The fraction of sp³-hybridized carbons (Fsp3) is 0.667. The van der Waals surface area contributed by atoms with Crippen LogP contribution in [0.3, 0.4) is 0 Å². The van der Waals surface area contributed by atoms with Gasteiger partial charge in [0.25, 0.3) is 0 Å². The quantitative estimate of drug-likeness (QED) is 0.759. The summed E-state index contributed by atoms with van der Waals surface area (Å²) in [6, 6.07) is 0. The molecule has 0 heterocycles. The predicted molar refractivity (Wildman–Crippen MR) is 70.8 cm³/mol. The fourth-order valence-electron chi connectivity index (χ4n) is 2.28. The molecule has 0 saturated carbocycles. The van der Waals surface area contributed by atoms with E-state index in [1.165, 1.54) is 5.57 Å². The molecule has 2 heteroatoms. The van der Waals surface area contributed by atoms with Crippen LogP contribution in [0.1, 0.15) is 53.4 Å². The lowest BCUT2D eigenvalue weighted by Gasteiger charge is -2.34. The first-order chi connectivity index (χ1) is 7.86. The minimum Gasteiger partial charge on any atom is -0.381 e. The van der Waals surface area contributed by atoms with Crippen LogP contribution in [0, 0.1) is 5.92 Å². The molecule has 0 saturated heterocycles. The van der Waals surface area contributed by atoms with Gasteiger partial charge in [-0.1, -0.05) is 24.1 Å². The van der Waals surface area contributed by atoms with E-state index in [2.05, 4.69) is 19.9 Å². The average molecular weight is 236 g/mol. The van der Waals surface area contributed by atoms with Gasteiger partial charge in [0, 0.05) is 0 Å². The monoisotopic (exact) mass is 236 g/mol. The van der Waals surface area contributed by atoms with Gasteiger partial charge in [0.1, 0.15) is 5.60 Å². The lowest BCUT2D eigenvalue weighted by molar-refractivity contribution is -0.139. The largest absolute Gasteiger partial charge is 0.381 e. The van der Waals surface area contributed by atoms with Crippen LogP contribution in [-0.4, -0.2) is 16.5 Å². The molecule has 17 heavy (non-hydrogen) atoms. The van der Waals surface area contributed by atoms with Gasteiger partial charge < -0.3 is 5.11 Å². The third kappa shape index (κ3) is 3.53. The van der Waals surface area contributed by atoms with Crippen LogP contribution in [-0.2, 0) is 4.79 Å². The van der Waals surface area contributed by atoms with Gasteiger partial charge in [0.15, 0.2) is 5.78 Å². The molecule has 0 aromatic heterocycles. The summed E-state index contributed by atoms with van der Waals surface area (Å²) >= 11 is 0. The van der Waals surface area contributed by atoms with E-state index in [9.17, 15) is 9.90 Å². The first-order valence-corrected chi connectivity index (χ1v) is 6.43. The number of rotatable bonds is 4. The standard InChI is InChI=1S/C15H24O2/c1-11(2)6-5-7-13(4)15(17)9-8-12(3)10-14(15)16/h6,10,13,17H,5,7-9H2,1-4H3/t13-,15-/m1/s1. The summed E-state index contributed by atoms with van der Waals surface area (Å²) < 4.78 is 0. The van der Waals surface area contributed by atoms with Crippen molar-refractivity contribution < 1.29 is 9.90 Å². The summed E-state index contributed by atoms with van der Waals surface area (Å²) in [4.78, 5) is 11.9. The van der Waals surface area contributed by atoms with Crippen LogP contribution < -0.4 is 0 Å². The highest BCUT2D eigenvalue weighted by atomic mass is 16.3. The van der Waals surface area contributed by atoms with E-state index < -0.39 is 5.60 Å². The van der Waals surface area contributed by atoms with Gasteiger partial charge in [0.05, 0.1) is 0 Å². The molecular weight excluding hydrogens is 212 g/mol. The zero-order valence-corrected chi connectivity index (χ0v) is 11.4. The van der Waals surface area contributed by atoms with Crippen molar-refractivity contribution in [2.24, 2.45) is 5.92 Å². The van der Waals surface area contributed by atoms with Crippen LogP contribution in [0.2, 0.25) is 0 Å². The van der Waals surface area contributed by atoms with Crippen molar-refractivity contribution in [1.82, 2.24) is 0 Å². The molecule has 96 valence electrons. The fourth-order valence-corrected chi connectivity index (χ4v) is 2.28. The van der Waals surface area contributed by atoms with Crippen LogP contribution in [0.15, 0.2) is 23.3 Å². The molecule has 0 aromatic rings. The summed E-state index contributed by atoms with van der Waals surface area (Å²) in [5.74, 6) is -0.0825. The normalized spacial score (nSPS) is 26.4. The molecule has 0 amide bonds. The van der Waals surface area contributed by atoms with Crippen molar-refractivity contribution in [2.45, 2.75) is 59.0 Å². The third-order valence-electron chi connectivity index (χ3n) is 3.67. The highest BCUT2D eigenvalue weighted by Crippen LogP contribution is 2.33. The predicted octanol–water partition coefficient (Wildman–Crippen LogP) is 3.41. The Labute approximate surface area is 104 Å². The van der Waals surface area contributed by atoms with Crippen molar-refractivity contribution in [2.75, 3.05) is 0 Å². The van der Waals surface area contributed by atoms with Gasteiger partial charge in [-0.3, -0.25) is 4.79 Å². The number of carbonyl (C=O) groups excluding carboxylic acids is 1. The minimum atomic E-state index is -1.13. The molecule has 0 unspecified atom stereocenters. The van der Waals surface area contributed by atoms with E-state index in [-0.39, 0.29) is 11.7 Å². The van der Waals surface area contributed by atoms with Gasteiger partial charge in [-0.05, 0) is 58.4 Å². The highest BCUT2D eigenvalue weighted by Gasteiger charge is 2.41. The second kappa shape index (κ2) is 5.63. The Morgan fingerprint density at radius 1 is 1.59 bits per heavy atom. The summed E-state index contributed by atoms with van der Waals surface area (Å²) in [5, 5.41) is 10.5. The molecular formula is C15H24O2. The van der Waals surface area contributed by atoms with Crippen molar-refractivity contribution in [3.8, 4) is 0 Å². The number of hydrogen-bond donors (Lipinski definition) is 1. The summed E-state index contributed by atoms with van der Waals surface area (Å²) in [6.45, 7) is 8.06. The van der Waals surface area contributed by atoms with E-state index in [1.807, 2.05) is 13.8 Å². The zero-order valence-electron chi connectivity index (χ0n) is 11.4. The summed E-state index contributed by atoms with van der Waals surface area (Å²) in [5.41, 5.74) is 1.24. The maximum atomic E-state index is 11.9. The SMILES string of the molecule is CC(C)=CCC[C@@H](C)[C@]1(O)CCC(C)=CC1=O. The summed E-state index contributed by atoms with van der Waals surface area (Å²) in [6.07, 6.45) is 6.97. The Balaban J connectivity index is 2.65. The van der Waals surface area contributed by atoms with Crippen LogP contribution in [0.25, 0.3) is 0 Å². The number of ketones is 1. The van der Waals surface area contributed by atoms with E-state index in [0.717, 1.165) is 24.8 Å². The second-order valence-corrected chi connectivity index (χ2v) is 5.54. The lowest BCUT2D eigenvalue weighted by Crippen LogP contribution is -2.45. The van der Waals surface area contributed by atoms with Gasteiger partial charge in [-0.15, -0.1) is 0 Å². The van der Waals surface area contributed by atoms with E-state index >= 15 is 0 Å². The van der Waals surface area contributed by atoms with Gasteiger partial charge in [-0.25, -0.2) is 0 Å². The molecule has 0 radical (unpaired) electrons. The molecule has 0 aliphatic heterocycles. The van der Waals surface area contributed by atoms with Gasteiger partial charge in [0.2, 0.25) is 0 Å². The van der Waals surface area contributed by atoms with E-state index in [0.29, 0.717) is 6.42 Å². The Morgan fingerprint density at radius 2 is 2.24 bits per heavy atom. The first-order valence-electron chi connectivity index (χ1n) is 6.43. The van der Waals surface area contributed by atoms with Crippen molar-refractivity contribution >= 4 is 5.78 Å². The van der Waals surface area contributed by atoms with Gasteiger partial charge >= 0.3 is 0 Å². The zero-order chi connectivity index (χ0) is 13.1. The summed E-state index contributed by atoms with van der Waals surface area (Å²) in [7, 11) is 0. The average Bonchev–Trinajstić information content (AvgIpc) is 2.23. The van der Waals surface area contributed by atoms with Crippen molar-refractivity contribution in [1.29, 1.82) is 0 Å². The Kier molecular flexibility index (Phi) is 4.70. The molecule has 0 aromatic carbocycles. The minimum absolute atomic E-state index is 0.0231. The molecule has 1 rings (SSSR count). The molecule has 2 atom stereocenters. The van der Waals surface area contributed by atoms with E-state index in [4.69, 9.17) is 0 Å². The molecule has 1 aliphatic rings. The van der Waals surface area contributed by atoms with Crippen molar-refractivity contribution in [3.05, 3.63) is 23.3 Å². The molecule has 1 aliphatic carbocycles. The van der Waals surface area contributed by atoms with Gasteiger partial charge in [-0.2, -0.15) is 0 Å². The molecule has 0 bridgehead atoms. The Morgan fingerprint density at radius 3 is 2.76 bits per heavy atom. The Hall–Kier alpha value is -0.890. The van der Waals surface area contributed by atoms with Crippen LogP contribution in [0.5, 0.6) is 0 Å². The van der Waals surface area contributed by atoms with Crippen LogP contribution >= 0.6 is 0 Å². The molecule has 2 nitrogen and oxygen atoms in total. The number of aliphatic hydroxyl groups is 1. The maximum absolute atomic E-state index is 11.9. The number of carbonyl (C=O) groups is 1. The third-order valence-corrected chi connectivity index (χ3v) is 3.67. The molecule has 0 spiro atoms. The number of allylic oxidation sites excluding steroid dienone is 3.